The summed E-state index contributed by atoms with van der Waals surface area (Å²) < 4.78 is 5.76. The molecule has 0 radical (unpaired) electrons. The van der Waals surface area contributed by atoms with Crippen LogP contribution in [0.1, 0.15) is 38.3 Å². The second kappa shape index (κ2) is 12.6. The molecule has 0 aliphatic carbocycles. The molecule has 0 saturated heterocycles. The van der Waals surface area contributed by atoms with E-state index in [9.17, 15) is 0 Å². The van der Waals surface area contributed by atoms with Crippen LogP contribution in [0.3, 0.4) is 0 Å². The van der Waals surface area contributed by atoms with E-state index in [-0.39, 0.29) is 24.0 Å². The van der Waals surface area contributed by atoms with E-state index in [0.29, 0.717) is 12.0 Å². The normalized spacial score (nSPS) is 12.7. The van der Waals surface area contributed by atoms with Crippen LogP contribution in [0.2, 0.25) is 0 Å². The van der Waals surface area contributed by atoms with Gasteiger partial charge in [-0.25, -0.2) is 0 Å². The molecule has 1 unspecified atom stereocenters. The minimum Gasteiger partial charge on any atom is -0.378 e. The van der Waals surface area contributed by atoms with Crippen LogP contribution in [0, 0.1) is 12.8 Å². The molecule has 0 heterocycles. The topological polar surface area (TPSA) is 45.6 Å². The lowest BCUT2D eigenvalue weighted by Crippen LogP contribution is -2.39. The van der Waals surface area contributed by atoms with Gasteiger partial charge in [-0.3, -0.25) is 4.99 Å². The van der Waals surface area contributed by atoms with E-state index in [1.54, 1.807) is 7.05 Å². The van der Waals surface area contributed by atoms with Gasteiger partial charge >= 0.3 is 0 Å². The maximum absolute atomic E-state index is 5.76. The van der Waals surface area contributed by atoms with Gasteiger partial charge in [0.1, 0.15) is 0 Å². The highest BCUT2D eigenvalue weighted by Crippen LogP contribution is 2.10. The Morgan fingerprint density at radius 3 is 2.48 bits per heavy atom. The number of hydrogen-bond acceptors (Lipinski definition) is 2. The summed E-state index contributed by atoms with van der Waals surface area (Å²) in [7, 11) is 1.80. The third-order valence-electron chi connectivity index (χ3n) is 3.78. The fourth-order valence-corrected chi connectivity index (χ4v) is 2.36. The van der Waals surface area contributed by atoms with Crippen molar-refractivity contribution in [2.45, 2.75) is 46.8 Å². The molecule has 0 bridgehead atoms. The van der Waals surface area contributed by atoms with Crippen LogP contribution in [0.25, 0.3) is 0 Å². The Bertz CT molecular complexity index is 463. The molecule has 0 aromatic heterocycles. The largest absolute Gasteiger partial charge is 0.378 e. The summed E-state index contributed by atoms with van der Waals surface area (Å²) in [4.78, 5) is 4.27. The van der Waals surface area contributed by atoms with Crippen molar-refractivity contribution in [3.8, 4) is 0 Å². The van der Waals surface area contributed by atoms with Crippen molar-refractivity contribution >= 4 is 29.9 Å². The van der Waals surface area contributed by atoms with E-state index in [1.807, 2.05) is 6.92 Å². The average molecular weight is 433 g/mol. The Balaban J connectivity index is 0.00000484. The van der Waals surface area contributed by atoms with Crippen LogP contribution in [-0.4, -0.2) is 32.3 Å². The van der Waals surface area contributed by atoms with E-state index in [0.717, 1.165) is 32.1 Å². The molecule has 0 saturated carbocycles. The summed E-state index contributed by atoms with van der Waals surface area (Å²) in [5.41, 5.74) is 2.58. The van der Waals surface area contributed by atoms with Gasteiger partial charge in [0, 0.05) is 26.7 Å². The number of aryl methyl sites for hydroxylation is 1. The molecular weight excluding hydrogens is 401 g/mol. The maximum Gasteiger partial charge on any atom is 0.191 e. The first kappa shape index (κ1) is 22.2. The lowest BCUT2D eigenvalue weighted by atomic mass is 10.0. The highest BCUT2D eigenvalue weighted by Gasteiger charge is 2.12. The predicted octanol–water partition coefficient (Wildman–Crippen LogP) is 3.73. The van der Waals surface area contributed by atoms with Gasteiger partial charge in [-0.2, -0.15) is 0 Å². The van der Waals surface area contributed by atoms with E-state index >= 15 is 0 Å². The molecule has 1 aromatic carbocycles. The zero-order chi connectivity index (χ0) is 16.4. The molecule has 0 amide bonds. The van der Waals surface area contributed by atoms with Crippen LogP contribution in [-0.2, 0) is 11.3 Å². The van der Waals surface area contributed by atoms with E-state index < -0.39 is 0 Å². The fraction of sp³-hybridized carbons (Fsp3) is 0.611. The fourth-order valence-electron chi connectivity index (χ4n) is 2.36. The molecule has 0 fully saturated rings. The maximum atomic E-state index is 5.76. The lowest BCUT2D eigenvalue weighted by Gasteiger charge is -2.21. The number of benzene rings is 1. The number of hydrogen-bond donors (Lipinski definition) is 2. The summed E-state index contributed by atoms with van der Waals surface area (Å²) in [5, 5.41) is 6.72. The third-order valence-corrected chi connectivity index (χ3v) is 3.78. The van der Waals surface area contributed by atoms with Crippen molar-refractivity contribution in [1.82, 2.24) is 10.6 Å². The molecule has 5 heteroatoms. The predicted molar refractivity (Wildman–Crippen MR) is 110 cm³/mol. The number of nitrogens with zero attached hydrogens (tertiary/aromatic N) is 1. The van der Waals surface area contributed by atoms with Gasteiger partial charge in [0.05, 0.1) is 6.10 Å². The van der Waals surface area contributed by atoms with Gasteiger partial charge in [-0.15, -0.1) is 24.0 Å². The highest BCUT2D eigenvalue weighted by molar-refractivity contribution is 14.0. The van der Waals surface area contributed by atoms with Crippen molar-refractivity contribution in [2.75, 3.05) is 20.2 Å². The molecule has 2 N–H and O–H groups in total. The average Bonchev–Trinajstić information content (AvgIpc) is 2.50. The Hall–Kier alpha value is -0.820. The van der Waals surface area contributed by atoms with Crippen LogP contribution in [0.15, 0.2) is 29.3 Å². The van der Waals surface area contributed by atoms with Gasteiger partial charge in [0.15, 0.2) is 5.96 Å². The van der Waals surface area contributed by atoms with Crippen molar-refractivity contribution in [1.29, 1.82) is 0 Å². The molecular formula is C18H32IN3O. The van der Waals surface area contributed by atoms with Crippen molar-refractivity contribution in [2.24, 2.45) is 10.9 Å². The summed E-state index contributed by atoms with van der Waals surface area (Å²) >= 11 is 0. The van der Waals surface area contributed by atoms with E-state index in [4.69, 9.17) is 4.74 Å². The Morgan fingerprint density at radius 1 is 1.22 bits per heavy atom. The van der Waals surface area contributed by atoms with Gasteiger partial charge in [0.25, 0.3) is 0 Å². The standard InChI is InChI=1S/C18H31N3O.HI/c1-6-22-17(14(2)3)11-12-20-18(19-5)21-13-16-10-8-7-9-15(16)4;/h7-10,14,17H,6,11-13H2,1-5H3,(H2,19,20,21);1H. The SMILES string of the molecule is CCOC(CCNC(=NC)NCc1ccccc1C)C(C)C.I. The number of halogens is 1. The quantitative estimate of drug-likeness (QED) is 0.373. The van der Waals surface area contributed by atoms with Crippen molar-refractivity contribution in [3.63, 3.8) is 0 Å². The van der Waals surface area contributed by atoms with Crippen LogP contribution >= 0.6 is 24.0 Å². The summed E-state index contributed by atoms with van der Waals surface area (Å²) in [6, 6.07) is 8.39. The zero-order valence-corrected chi connectivity index (χ0v) is 17.4. The molecule has 132 valence electrons. The van der Waals surface area contributed by atoms with E-state index in [1.165, 1.54) is 11.1 Å². The smallest absolute Gasteiger partial charge is 0.191 e. The van der Waals surface area contributed by atoms with Crippen molar-refractivity contribution in [3.05, 3.63) is 35.4 Å². The highest BCUT2D eigenvalue weighted by atomic mass is 127. The third kappa shape index (κ3) is 8.55. The lowest BCUT2D eigenvalue weighted by molar-refractivity contribution is 0.0258. The second-order valence-electron chi connectivity index (χ2n) is 5.81. The van der Waals surface area contributed by atoms with Gasteiger partial charge in [-0.1, -0.05) is 38.1 Å². The molecule has 0 spiro atoms. The minimum atomic E-state index is 0. The summed E-state index contributed by atoms with van der Waals surface area (Å²) in [5.74, 6) is 1.37. The Morgan fingerprint density at radius 2 is 1.91 bits per heavy atom. The monoisotopic (exact) mass is 433 g/mol. The molecule has 1 atom stereocenters. The first-order chi connectivity index (χ1) is 10.6. The molecule has 1 aromatic rings. The molecule has 4 nitrogen and oxygen atoms in total. The first-order valence-corrected chi connectivity index (χ1v) is 8.19. The zero-order valence-electron chi connectivity index (χ0n) is 15.1. The Kier molecular flexibility index (Phi) is 12.1. The molecule has 23 heavy (non-hydrogen) atoms. The second-order valence-corrected chi connectivity index (χ2v) is 5.81. The van der Waals surface area contributed by atoms with Crippen LogP contribution < -0.4 is 10.6 Å². The Labute approximate surface area is 158 Å². The van der Waals surface area contributed by atoms with E-state index in [2.05, 4.69) is 60.7 Å². The number of guanidine groups is 1. The minimum absolute atomic E-state index is 0. The summed E-state index contributed by atoms with van der Waals surface area (Å²) in [6.45, 7) is 11.0. The van der Waals surface area contributed by atoms with Crippen molar-refractivity contribution < 1.29 is 4.74 Å². The van der Waals surface area contributed by atoms with Gasteiger partial charge in [0.2, 0.25) is 0 Å². The molecule has 0 aliphatic heterocycles. The van der Waals surface area contributed by atoms with Crippen LogP contribution in [0.4, 0.5) is 0 Å². The van der Waals surface area contributed by atoms with Crippen LogP contribution in [0.5, 0.6) is 0 Å². The van der Waals surface area contributed by atoms with Gasteiger partial charge < -0.3 is 15.4 Å². The van der Waals surface area contributed by atoms with Gasteiger partial charge in [-0.05, 0) is 37.3 Å². The molecule has 1 rings (SSSR count). The number of nitrogens with one attached hydrogen (secondary N) is 2. The molecule has 0 aliphatic rings. The first-order valence-electron chi connectivity index (χ1n) is 8.19. The number of rotatable bonds is 8. The number of aliphatic imine (C=N–C) groups is 1. The summed E-state index contributed by atoms with van der Waals surface area (Å²) in [6.07, 6.45) is 1.28. The number of ether oxygens (including phenoxy) is 1.